The zero-order valence-corrected chi connectivity index (χ0v) is 26.1. The van der Waals surface area contributed by atoms with E-state index in [1.54, 1.807) is 31.3 Å². The van der Waals surface area contributed by atoms with Crippen LogP contribution < -0.4 is 32.5 Å². The van der Waals surface area contributed by atoms with Gasteiger partial charge in [-0.15, -0.1) is 0 Å². The van der Waals surface area contributed by atoms with E-state index >= 15 is 0 Å². The molecule has 0 fully saturated rings. The minimum atomic E-state index is -0.741. The normalized spacial score (nSPS) is 17.0. The molecule has 0 saturated carbocycles. The zero-order chi connectivity index (χ0) is 32.7. The van der Waals surface area contributed by atoms with Crippen LogP contribution in [0, 0.1) is 11.7 Å². The molecule has 2 amide bonds. The quantitative estimate of drug-likeness (QED) is 0.0989. The van der Waals surface area contributed by atoms with Crippen LogP contribution in [-0.4, -0.2) is 35.9 Å². The molecule has 238 valence electrons. The number of hydrogen-bond acceptors (Lipinski definition) is 9. The van der Waals surface area contributed by atoms with Gasteiger partial charge < -0.3 is 26.4 Å². The van der Waals surface area contributed by atoms with Crippen molar-refractivity contribution in [2.45, 2.75) is 46.1 Å². The van der Waals surface area contributed by atoms with Crippen molar-refractivity contribution in [2.75, 3.05) is 28.8 Å². The molecule has 2 bridgehead atoms. The first-order chi connectivity index (χ1) is 21.5. The summed E-state index contributed by atoms with van der Waals surface area (Å²) in [6.07, 6.45) is 3.25. The predicted octanol–water partition coefficient (Wildman–Crippen LogP) is 5.00. The van der Waals surface area contributed by atoms with Crippen molar-refractivity contribution in [3.8, 4) is 11.1 Å². The van der Waals surface area contributed by atoms with Crippen molar-refractivity contribution in [1.29, 1.82) is 0 Å². The zero-order valence-electron chi connectivity index (χ0n) is 25.3. The summed E-state index contributed by atoms with van der Waals surface area (Å²) in [5, 5.41) is 9.87. The molecule has 1 aliphatic heterocycles. The molecule has 13 heteroatoms. The Hall–Kier alpha value is -4.68. The molecule has 2 heterocycles. The third-order valence-electron chi connectivity index (χ3n) is 7.54. The number of hydrazine groups is 1. The maximum atomic E-state index is 14.6. The fraction of sp³-hybridized carbons (Fsp3) is 0.312. The Morgan fingerprint density at radius 2 is 1.98 bits per heavy atom. The topological polar surface area (TPSA) is 165 Å². The van der Waals surface area contributed by atoms with Gasteiger partial charge in [-0.25, -0.2) is 10.2 Å². The number of carbonyl (C=O) groups is 3. The van der Waals surface area contributed by atoms with Gasteiger partial charge in [-0.1, -0.05) is 37.1 Å². The number of amides is 2. The Morgan fingerprint density at radius 1 is 1.20 bits per heavy atom. The Balaban J connectivity index is 1.64. The maximum Gasteiger partial charge on any atom is 0.325 e. The molecule has 11 nitrogen and oxygen atoms in total. The lowest BCUT2D eigenvalue weighted by Crippen LogP contribution is -2.38. The second kappa shape index (κ2) is 14.9. The van der Waals surface area contributed by atoms with Gasteiger partial charge in [0.05, 0.1) is 40.4 Å². The van der Waals surface area contributed by atoms with Crippen molar-refractivity contribution in [3.63, 3.8) is 0 Å². The SMILES string of the molecule is CCOC(=O)CNc1ccc2c(c1)NC(=O)C(C)CCCC(NC(=O)/C(N)=C(\C)N(N)c1cccc(Cl)c1F)c1cc-2ccn1. The third-order valence-corrected chi connectivity index (χ3v) is 7.83. The number of fused-ring (bicyclic) bond motifs is 4. The van der Waals surface area contributed by atoms with Crippen LogP contribution in [-0.2, 0) is 19.1 Å². The Labute approximate surface area is 266 Å². The van der Waals surface area contributed by atoms with Gasteiger partial charge in [-0.3, -0.25) is 24.4 Å². The molecule has 2 aromatic carbocycles. The second-order valence-electron chi connectivity index (χ2n) is 10.7. The summed E-state index contributed by atoms with van der Waals surface area (Å²) in [6, 6.07) is 12.8. The number of allylic oxidation sites excluding steroid dienone is 1. The summed E-state index contributed by atoms with van der Waals surface area (Å²) in [7, 11) is 0. The van der Waals surface area contributed by atoms with Gasteiger partial charge in [0.25, 0.3) is 5.91 Å². The van der Waals surface area contributed by atoms with Gasteiger partial charge in [0.1, 0.15) is 12.2 Å². The summed E-state index contributed by atoms with van der Waals surface area (Å²) in [5.41, 5.74) is 9.34. The van der Waals surface area contributed by atoms with E-state index in [0.29, 0.717) is 36.3 Å². The minimum absolute atomic E-state index is 0.0231. The monoisotopic (exact) mass is 637 g/mol. The fourth-order valence-electron chi connectivity index (χ4n) is 4.90. The highest BCUT2D eigenvalue weighted by Gasteiger charge is 2.24. The molecule has 0 aliphatic carbocycles. The number of pyridine rings is 1. The predicted molar refractivity (Wildman–Crippen MR) is 172 cm³/mol. The number of hydrogen-bond donors (Lipinski definition) is 5. The van der Waals surface area contributed by atoms with E-state index < -0.39 is 23.7 Å². The number of carbonyl (C=O) groups excluding carboxylic acids is 3. The van der Waals surface area contributed by atoms with E-state index in [2.05, 4.69) is 20.9 Å². The third kappa shape index (κ3) is 8.08. The number of nitrogens with zero attached hydrogens (tertiary/aromatic N) is 2. The molecule has 0 spiro atoms. The van der Waals surface area contributed by atoms with Crippen LogP contribution in [0.5, 0.6) is 0 Å². The maximum absolute atomic E-state index is 14.6. The summed E-state index contributed by atoms with van der Waals surface area (Å²) >= 11 is 5.90. The number of ether oxygens (including phenoxy) is 1. The molecular formula is C32H37ClFN7O4. The van der Waals surface area contributed by atoms with E-state index in [1.807, 2.05) is 19.1 Å². The van der Waals surface area contributed by atoms with E-state index in [4.69, 9.17) is 27.9 Å². The molecule has 0 saturated heterocycles. The Morgan fingerprint density at radius 3 is 2.73 bits per heavy atom. The van der Waals surface area contributed by atoms with Gasteiger partial charge in [0.15, 0.2) is 5.82 Å². The van der Waals surface area contributed by atoms with Gasteiger partial charge in [-0.2, -0.15) is 0 Å². The molecule has 1 aromatic heterocycles. The van der Waals surface area contributed by atoms with Crippen LogP contribution in [0.15, 0.2) is 66.1 Å². The number of nitrogens with two attached hydrogens (primary N) is 2. The number of rotatable bonds is 8. The van der Waals surface area contributed by atoms with E-state index in [-0.39, 0.29) is 47.1 Å². The van der Waals surface area contributed by atoms with Gasteiger partial charge in [-0.05, 0) is 68.7 Å². The highest BCUT2D eigenvalue weighted by Crippen LogP contribution is 2.34. The molecule has 1 aliphatic rings. The van der Waals surface area contributed by atoms with Crippen molar-refractivity contribution in [3.05, 3.63) is 82.7 Å². The molecule has 2 unspecified atom stereocenters. The van der Waals surface area contributed by atoms with Gasteiger partial charge in [0, 0.05) is 23.4 Å². The summed E-state index contributed by atoms with van der Waals surface area (Å²) < 4.78 is 19.6. The van der Waals surface area contributed by atoms with Crippen LogP contribution in [0.4, 0.5) is 21.5 Å². The van der Waals surface area contributed by atoms with Crippen molar-refractivity contribution in [1.82, 2.24) is 10.3 Å². The lowest BCUT2D eigenvalue weighted by atomic mass is 9.95. The first-order valence-electron chi connectivity index (χ1n) is 14.6. The number of nitrogens with one attached hydrogen (secondary N) is 3. The lowest BCUT2D eigenvalue weighted by Gasteiger charge is -2.24. The largest absolute Gasteiger partial charge is 0.465 e. The molecule has 2 atom stereocenters. The van der Waals surface area contributed by atoms with Gasteiger partial charge in [0.2, 0.25) is 5.91 Å². The second-order valence-corrected chi connectivity index (χ2v) is 11.1. The molecule has 0 radical (unpaired) electrons. The van der Waals surface area contributed by atoms with E-state index in [0.717, 1.165) is 16.1 Å². The van der Waals surface area contributed by atoms with E-state index in [1.165, 1.54) is 25.1 Å². The smallest absolute Gasteiger partial charge is 0.325 e. The summed E-state index contributed by atoms with van der Waals surface area (Å²) in [4.78, 5) is 43.0. The number of benzene rings is 2. The van der Waals surface area contributed by atoms with Crippen LogP contribution in [0.1, 0.15) is 51.8 Å². The molecule has 4 rings (SSSR count). The summed E-state index contributed by atoms with van der Waals surface area (Å²) in [5.74, 6) is 3.88. The lowest BCUT2D eigenvalue weighted by molar-refractivity contribution is -0.141. The first kappa shape index (κ1) is 33.2. The molecule has 45 heavy (non-hydrogen) atoms. The summed E-state index contributed by atoms with van der Waals surface area (Å²) in [6.45, 7) is 5.33. The number of aromatic nitrogens is 1. The molecular weight excluding hydrogens is 601 g/mol. The Bertz CT molecular complexity index is 1620. The standard InChI is InChI=1S/C32H37ClFN7O4/c1-4-45-28(42)17-38-21-11-12-22-20-13-14-37-26(15-20)24(9-5-7-18(2)31(43)40-25(22)16-21)39-32(44)30(35)19(3)41(36)27-10-6-8-23(33)29(27)34/h6,8,10-16,18,24,38H,4-5,7,9,17,35-36H2,1-3H3,(H,39,44)(H,40,43)/b30-19-. The van der Waals surface area contributed by atoms with Gasteiger partial charge >= 0.3 is 5.97 Å². The minimum Gasteiger partial charge on any atom is -0.465 e. The van der Waals surface area contributed by atoms with Crippen LogP contribution in [0.2, 0.25) is 5.02 Å². The van der Waals surface area contributed by atoms with Crippen LogP contribution in [0.3, 0.4) is 0 Å². The Kier molecular flexibility index (Phi) is 11.0. The highest BCUT2D eigenvalue weighted by molar-refractivity contribution is 6.31. The van der Waals surface area contributed by atoms with Crippen molar-refractivity contribution in [2.24, 2.45) is 17.5 Å². The van der Waals surface area contributed by atoms with Crippen molar-refractivity contribution >= 4 is 46.4 Å². The highest BCUT2D eigenvalue weighted by atomic mass is 35.5. The molecule has 3 aromatic rings. The average Bonchev–Trinajstić information content (AvgIpc) is 3.03. The van der Waals surface area contributed by atoms with E-state index in [9.17, 15) is 18.8 Å². The van der Waals surface area contributed by atoms with Crippen LogP contribution in [0.25, 0.3) is 11.1 Å². The molecule has 7 N–H and O–H groups in total. The number of esters is 1. The number of anilines is 3. The van der Waals surface area contributed by atoms with Crippen molar-refractivity contribution < 1.29 is 23.5 Å². The average molecular weight is 638 g/mol. The first-order valence-corrected chi connectivity index (χ1v) is 14.9. The van der Waals surface area contributed by atoms with Crippen LogP contribution >= 0.6 is 11.6 Å². The number of halogens is 2. The fourth-order valence-corrected chi connectivity index (χ4v) is 5.07.